The smallest absolute Gasteiger partial charge is 0.0329 e. The van der Waals surface area contributed by atoms with E-state index >= 15 is 0 Å². The molecule has 0 fully saturated rings. The van der Waals surface area contributed by atoms with Crippen LogP contribution in [0.3, 0.4) is 0 Å². The summed E-state index contributed by atoms with van der Waals surface area (Å²) in [6.07, 6.45) is 4.47. The Hall–Kier alpha value is -1.34. The fourth-order valence-corrected chi connectivity index (χ4v) is 1.23. The Bertz CT molecular complexity index is 302. The maximum Gasteiger partial charge on any atom is 0.0329 e. The van der Waals surface area contributed by atoms with Crippen molar-refractivity contribution in [3.63, 3.8) is 0 Å². The fourth-order valence-electron chi connectivity index (χ4n) is 1.23. The Morgan fingerprint density at radius 3 is 2.77 bits per heavy atom. The van der Waals surface area contributed by atoms with E-state index in [9.17, 15) is 0 Å². The molecule has 0 amide bonds. The molecule has 13 heavy (non-hydrogen) atoms. The Labute approximate surface area is 79.6 Å². The van der Waals surface area contributed by atoms with Crippen LogP contribution in [-0.2, 0) is 0 Å². The summed E-state index contributed by atoms with van der Waals surface area (Å²) in [5, 5.41) is 0. The highest BCUT2D eigenvalue weighted by molar-refractivity contribution is 5.48. The number of hydrogen-bond acceptors (Lipinski definition) is 1. The Morgan fingerprint density at radius 2 is 2.15 bits per heavy atom. The van der Waals surface area contributed by atoms with Crippen molar-refractivity contribution >= 4 is 6.08 Å². The molecule has 0 heterocycles. The van der Waals surface area contributed by atoms with Crippen LogP contribution in [0.1, 0.15) is 23.6 Å². The van der Waals surface area contributed by atoms with Crippen molar-refractivity contribution in [1.82, 2.24) is 0 Å². The van der Waals surface area contributed by atoms with Crippen LogP contribution in [-0.4, -0.2) is 0 Å². The first kappa shape index (κ1) is 9.75. The fraction of sp³-hybridized carbons (Fsp3) is 0.167. The normalized spacial score (nSPS) is 12.1. The summed E-state index contributed by atoms with van der Waals surface area (Å²) >= 11 is 0. The van der Waals surface area contributed by atoms with Gasteiger partial charge in [0.1, 0.15) is 0 Å². The molecule has 1 nitrogen and oxygen atoms in total. The highest BCUT2D eigenvalue weighted by atomic mass is 14.6. The molecule has 0 aliphatic rings. The molecule has 0 bridgehead atoms. The minimum absolute atomic E-state index is 0.0531. The molecule has 0 radical (unpaired) electrons. The first-order valence-corrected chi connectivity index (χ1v) is 4.37. The van der Waals surface area contributed by atoms with E-state index in [1.807, 2.05) is 30.4 Å². The molecule has 1 rings (SSSR count). The molecule has 1 aromatic carbocycles. The second kappa shape index (κ2) is 4.63. The van der Waals surface area contributed by atoms with Crippen LogP contribution in [0.5, 0.6) is 0 Å². The van der Waals surface area contributed by atoms with Gasteiger partial charge in [0.25, 0.3) is 0 Å². The molecule has 68 valence electrons. The predicted molar refractivity (Wildman–Crippen MR) is 58.3 cm³/mol. The van der Waals surface area contributed by atoms with Gasteiger partial charge in [0.2, 0.25) is 0 Å². The minimum atomic E-state index is 0.0531. The molecular formula is C12H15N. The third-order valence-electron chi connectivity index (χ3n) is 2.00. The monoisotopic (exact) mass is 173 g/mol. The maximum absolute atomic E-state index is 5.92. The van der Waals surface area contributed by atoms with Gasteiger partial charge in [-0.05, 0) is 17.5 Å². The number of rotatable bonds is 4. The maximum atomic E-state index is 5.92. The molecule has 0 aliphatic heterocycles. The van der Waals surface area contributed by atoms with Gasteiger partial charge in [0.05, 0.1) is 0 Å². The van der Waals surface area contributed by atoms with Gasteiger partial charge in [-0.1, -0.05) is 43.0 Å². The Kier molecular flexibility index (Phi) is 3.47. The molecule has 0 aromatic heterocycles. The summed E-state index contributed by atoms with van der Waals surface area (Å²) in [5.41, 5.74) is 8.17. The number of hydrogen-bond donors (Lipinski definition) is 1. The lowest BCUT2D eigenvalue weighted by molar-refractivity contribution is 0.741. The summed E-state index contributed by atoms with van der Waals surface area (Å²) in [6.45, 7) is 7.38. The third kappa shape index (κ3) is 2.56. The van der Waals surface area contributed by atoms with E-state index in [1.165, 1.54) is 0 Å². The Balaban J connectivity index is 2.87. The SMILES string of the molecule is C=CC[C@@H](N)c1cccc(C=C)c1. The summed E-state index contributed by atoms with van der Waals surface area (Å²) in [4.78, 5) is 0. The van der Waals surface area contributed by atoms with Crippen molar-refractivity contribution in [2.24, 2.45) is 5.73 Å². The van der Waals surface area contributed by atoms with Crippen molar-refractivity contribution in [2.45, 2.75) is 12.5 Å². The van der Waals surface area contributed by atoms with Gasteiger partial charge in [0, 0.05) is 6.04 Å². The van der Waals surface area contributed by atoms with Crippen molar-refractivity contribution in [2.75, 3.05) is 0 Å². The lowest BCUT2D eigenvalue weighted by Gasteiger charge is -2.09. The quantitative estimate of drug-likeness (QED) is 0.696. The van der Waals surface area contributed by atoms with Crippen LogP contribution < -0.4 is 5.73 Å². The summed E-state index contributed by atoms with van der Waals surface area (Å²) in [5.74, 6) is 0. The van der Waals surface area contributed by atoms with E-state index in [0.717, 1.165) is 17.5 Å². The topological polar surface area (TPSA) is 26.0 Å². The van der Waals surface area contributed by atoms with Gasteiger partial charge in [0.15, 0.2) is 0 Å². The second-order valence-corrected chi connectivity index (χ2v) is 3.01. The van der Waals surface area contributed by atoms with Gasteiger partial charge < -0.3 is 5.73 Å². The predicted octanol–water partition coefficient (Wildman–Crippen LogP) is 2.91. The van der Waals surface area contributed by atoms with Crippen LogP contribution in [0.4, 0.5) is 0 Å². The van der Waals surface area contributed by atoms with Crippen molar-refractivity contribution in [3.8, 4) is 0 Å². The van der Waals surface area contributed by atoms with E-state index in [4.69, 9.17) is 5.73 Å². The van der Waals surface area contributed by atoms with Gasteiger partial charge in [-0.25, -0.2) is 0 Å². The van der Waals surface area contributed by atoms with E-state index in [-0.39, 0.29) is 6.04 Å². The standard InChI is InChI=1S/C12H15N/c1-3-6-12(13)11-8-5-7-10(4-2)9-11/h3-5,7-9,12H,1-2,6,13H2/t12-/m1/s1. The zero-order valence-electron chi connectivity index (χ0n) is 7.74. The third-order valence-corrected chi connectivity index (χ3v) is 2.00. The van der Waals surface area contributed by atoms with Crippen LogP contribution in [0.2, 0.25) is 0 Å². The average molecular weight is 173 g/mol. The van der Waals surface area contributed by atoms with Gasteiger partial charge >= 0.3 is 0 Å². The van der Waals surface area contributed by atoms with E-state index in [1.54, 1.807) is 0 Å². The molecule has 0 spiro atoms. The van der Waals surface area contributed by atoms with Crippen LogP contribution in [0.25, 0.3) is 6.08 Å². The van der Waals surface area contributed by atoms with E-state index < -0.39 is 0 Å². The molecular weight excluding hydrogens is 158 g/mol. The van der Waals surface area contributed by atoms with Crippen molar-refractivity contribution in [3.05, 3.63) is 54.6 Å². The second-order valence-electron chi connectivity index (χ2n) is 3.01. The van der Waals surface area contributed by atoms with E-state index in [0.29, 0.717) is 0 Å². The molecule has 1 aromatic rings. The van der Waals surface area contributed by atoms with Crippen LogP contribution in [0, 0.1) is 0 Å². The van der Waals surface area contributed by atoms with Crippen molar-refractivity contribution in [1.29, 1.82) is 0 Å². The summed E-state index contributed by atoms with van der Waals surface area (Å²) in [7, 11) is 0. The zero-order chi connectivity index (χ0) is 9.68. The molecule has 0 aliphatic carbocycles. The molecule has 1 atom stereocenters. The lowest BCUT2D eigenvalue weighted by atomic mass is 10.0. The van der Waals surface area contributed by atoms with Gasteiger partial charge in [-0.2, -0.15) is 0 Å². The van der Waals surface area contributed by atoms with Crippen LogP contribution >= 0.6 is 0 Å². The van der Waals surface area contributed by atoms with Gasteiger partial charge in [-0.3, -0.25) is 0 Å². The molecule has 1 heteroatoms. The minimum Gasteiger partial charge on any atom is -0.324 e. The van der Waals surface area contributed by atoms with E-state index in [2.05, 4.69) is 19.2 Å². The van der Waals surface area contributed by atoms with Gasteiger partial charge in [-0.15, -0.1) is 6.58 Å². The number of nitrogens with two attached hydrogens (primary N) is 1. The van der Waals surface area contributed by atoms with Crippen LogP contribution in [0.15, 0.2) is 43.5 Å². The first-order valence-electron chi connectivity index (χ1n) is 4.37. The Morgan fingerprint density at radius 1 is 1.38 bits per heavy atom. The number of benzene rings is 1. The molecule has 0 unspecified atom stereocenters. The first-order chi connectivity index (χ1) is 6.27. The molecule has 0 saturated carbocycles. The lowest BCUT2D eigenvalue weighted by Crippen LogP contribution is -2.08. The largest absolute Gasteiger partial charge is 0.324 e. The summed E-state index contributed by atoms with van der Waals surface area (Å²) < 4.78 is 0. The van der Waals surface area contributed by atoms with Crippen molar-refractivity contribution < 1.29 is 0 Å². The highest BCUT2D eigenvalue weighted by Crippen LogP contribution is 2.16. The molecule has 2 N–H and O–H groups in total. The zero-order valence-corrected chi connectivity index (χ0v) is 7.74. The molecule has 0 saturated heterocycles. The average Bonchev–Trinajstić information content (AvgIpc) is 2.18. The highest BCUT2D eigenvalue weighted by Gasteiger charge is 2.02. The summed E-state index contributed by atoms with van der Waals surface area (Å²) in [6, 6.07) is 8.15.